The lowest BCUT2D eigenvalue weighted by Crippen LogP contribution is -2.40. The van der Waals surface area contributed by atoms with Crippen LogP contribution in [0.15, 0.2) is 45.9 Å². The molecule has 0 aliphatic heterocycles. The van der Waals surface area contributed by atoms with Crippen molar-refractivity contribution in [2.45, 2.75) is 65.6 Å². The summed E-state index contributed by atoms with van der Waals surface area (Å²) in [5, 5.41) is 6.71. The van der Waals surface area contributed by atoms with Crippen molar-refractivity contribution in [2.75, 3.05) is 20.1 Å². The Labute approximate surface area is 175 Å². The lowest BCUT2D eigenvalue weighted by atomic mass is 9.94. The lowest BCUT2D eigenvalue weighted by Gasteiger charge is -2.25. The Balaban J connectivity index is 1.82. The second kappa shape index (κ2) is 11.0. The molecule has 6 heteroatoms. The fourth-order valence-corrected chi connectivity index (χ4v) is 2.87. The van der Waals surface area contributed by atoms with E-state index >= 15 is 0 Å². The molecule has 1 heterocycles. The van der Waals surface area contributed by atoms with E-state index in [0.717, 1.165) is 37.8 Å². The van der Waals surface area contributed by atoms with E-state index in [9.17, 15) is 0 Å². The maximum Gasteiger partial charge on any atom is 0.216 e. The minimum Gasteiger partial charge on any atom is -0.443 e. The molecule has 0 aliphatic carbocycles. The third-order valence-corrected chi connectivity index (χ3v) is 4.89. The molecule has 0 aliphatic rings. The van der Waals surface area contributed by atoms with Crippen LogP contribution in [-0.4, -0.2) is 42.0 Å². The number of nitrogens with zero attached hydrogens (tertiary/aromatic N) is 3. The summed E-state index contributed by atoms with van der Waals surface area (Å²) < 4.78 is 5.83. The van der Waals surface area contributed by atoms with Crippen LogP contribution >= 0.6 is 0 Å². The Morgan fingerprint density at radius 3 is 2.55 bits per heavy atom. The number of aliphatic imine (C=N–C) groups is 1. The molecule has 1 atom stereocenters. The first-order chi connectivity index (χ1) is 13.8. The summed E-state index contributed by atoms with van der Waals surface area (Å²) in [6.45, 7) is 13.7. The highest BCUT2D eigenvalue weighted by Crippen LogP contribution is 2.22. The third kappa shape index (κ3) is 7.89. The van der Waals surface area contributed by atoms with Gasteiger partial charge in [-0.25, -0.2) is 9.98 Å². The average Bonchev–Trinajstić information content (AvgIpc) is 3.16. The quantitative estimate of drug-likeness (QED) is 0.494. The van der Waals surface area contributed by atoms with Gasteiger partial charge in [-0.15, -0.1) is 0 Å². The first kappa shape index (κ1) is 22.9. The number of rotatable bonds is 9. The summed E-state index contributed by atoms with van der Waals surface area (Å²) in [6.07, 6.45) is 2.83. The molecule has 6 nitrogen and oxygen atoms in total. The van der Waals surface area contributed by atoms with Crippen molar-refractivity contribution in [3.8, 4) is 0 Å². The Kier molecular flexibility index (Phi) is 8.70. The molecule has 29 heavy (non-hydrogen) atoms. The number of nitrogens with one attached hydrogen (secondary N) is 2. The zero-order valence-corrected chi connectivity index (χ0v) is 18.8. The molecule has 2 N–H and O–H groups in total. The highest BCUT2D eigenvalue weighted by atomic mass is 16.4. The zero-order valence-electron chi connectivity index (χ0n) is 18.8. The van der Waals surface area contributed by atoms with Gasteiger partial charge in [0.1, 0.15) is 12.3 Å². The van der Waals surface area contributed by atoms with Crippen molar-refractivity contribution >= 4 is 5.96 Å². The van der Waals surface area contributed by atoms with E-state index in [1.54, 1.807) is 6.20 Å². The van der Waals surface area contributed by atoms with Gasteiger partial charge in [-0.1, -0.05) is 51.1 Å². The van der Waals surface area contributed by atoms with Gasteiger partial charge in [0.2, 0.25) is 5.89 Å². The second-order valence-corrected chi connectivity index (χ2v) is 8.53. The highest BCUT2D eigenvalue weighted by Gasteiger charge is 2.19. The number of hydrogen-bond donors (Lipinski definition) is 2. The van der Waals surface area contributed by atoms with Gasteiger partial charge in [-0.3, -0.25) is 4.90 Å². The van der Waals surface area contributed by atoms with E-state index in [1.807, 2.05) is 0 Å². The topological polar surface area (TPSA) is 65.7 Å². The molecular formula is C23H37N5O. The first-order valence-electron chi connectivity index (χ1n) is 10.5. The van der Waals surface area contributed by atoms with Crippen LogP contribution in [0.4, 0.5) is 0 Å². The Morgan fingerprint density at radius 2 is 1.93 bits per heavy atom. The number of oxazole rings is 1. The fraction of sp³-hybridized carbons (Fsp3) is 0.565. The minimum absolute atomic E-state index is 0.0420. The second-order valence-electron chi connectivity index (χ2n) is 8.53. The summed E-state index contributed by atoms with van der Waals surface area (Å²) in [5.74, 6) is 2.32. The van der Waals surface area contributed by atoms with Gasteiger partial charge in [0, 0.05) is 31.1 Å². The minimum atomic E-state index is -0.0420. The molecule has 1 aromatic heterocycles. The van der Waals surface area contributed by atoms with Gasteiger partial charge in [-0.2, -0.15) is 0 Å². The van der Waals surface area contributed by atoms with Gasteiger partial charge in [-0.05, 0) is 32.9 Å². The smallest absolute Gasteiger partial charge is 0.216 e. The van der Waals surface area contributed by atoms with Crippen LogP contribution in [0.3, 0.4) is 0 Å². The summed E-state index contributed by atoms with van der Waals surface area (Å²) in [7, 11) is 2.17. The Morgan fingerprint density at radius 1 is 1.21 bits per heavy atom. The molecule has 0 radical (unpaired) electrons. The van der Waals surface area contributed by atoms with Crippen LogP contribution in [0.2, 0.25) is 0 Å². The SMILES string of the molecule is CCNC(=NCc1ncc(C(C)(C)C)o1)NCCC(C)N(C)Cc1ccccc1. The highest BCUT2D eigenvalue weighted by molar-refractivity contribution is 5.79. The van der Waals surface area contributed by atoms with E-state index in [4.69, 9.17) is 4.42 Å². The number of hydrogen-bond acceptors (Lipinski definition) is 4. The van der Waals surface area contributed by atoms with Crippen LogP contribution in [0.1, 0.15) is 58.3 Å². The van der Waals surface area contributed by atoms with Gasteiger partial charge in [0.25, 0.3) is 0 Å². The van der Waals surface area contributed by atoms with E-state index in [2.05, 4.69) is 97.5 Å². The molecule has 0 amide bonds. The van der Waals surface area contributed by atoms with E-state index < -0.39 is 0 Å². The molecule has 160 valence electrons. The molecule has 0 saturated carbocycles. The van der Waals surface area contributed by atoms with Crippen LogP contribution in [0.25, 0.3) is 0 Å². The van der Waals surface area contributed by atoms with Gasteiger partial charge in [0.05, 0.1) is 6.20 Å². The summed E-state index contributed by atoms with van der Waals surface area (Å²) in [6, 6.07) is 11.0. The van der Waals surface area contributed by atoms with Crippen molar-refractivity contribution < 1.29 is 4.42 Å². The summed E-state index contributed by atoms with van der Waals surface area (Å²) in [4.78, 5) is 11.3. The molecule has 0 saturated heterocycles. The largest absolute Gasteiger partial charge is 0.443 e. The molecule has 1 aromatic carbocycles. The Bertz CT molecular complexity index is 748. The van der Waals surface area contributed by atoms with Crippen LogP contribution in [-0.2, 0) is 18.5 Å². The van der Waals surface area contributed by atoms with Crippen LogP contribution in [0, 0.1) is 0 Å². The molecule has 2 rings (SSSR count). The normalized spacial score (nSPS) is 13.6. The van der Waals surface area contributed by atoms with Crippen molar-refractivity contribution in [3.63, 3.8) is 0 Å². The standard InChI is InChI=1S/C23H37N5O/c1-7-24-22(27-16-21-26-15-20(29-21)23(3,4)5)25-14-13-18(2)28(6)17-19-11-9-8-10-12-19/h8-12,15,18H,7,13-14,16-17H2,1-6H3,(H2,24,25,27). The first-order valence-corrected chi connectivity index (χ1v) is 10.5. The van der Waals surface area contributed by atoms with Crippen molar-refractivity contribution in [2.24, 2.45) is 4.99 Å². The number of guanidine groups is 1. The molecular weight excluding hydrogens is 362 g/mol. The zero-order chi connectivity index (χ0) is 21.3. The molecule has 1 unspecified atom stereocenters. The van der Waals surface area contributed by atoms with Crippen molar-refractivity contribution in [1.29, 1.82) is 0 Å². The van der Waals surface area contributed by atoms with Gasteiger partial charge >= 0.3 is 0 Å². The van der Waals surface area contributed by atoms with E-state index in [-0.39, 0.29) is 5.41 Å². The molecule has 0 spiro atoms. The summed E-state index contributed by atoms with van der Waals surface area (Å²) >= 11 is 0. The number of aromatic nitrogens is 1. The average molecular weight is 400 g/mol. The van der Waals surface area contributed by atoms with Crippen molar-refractivity contribution in [1.82, 2.24) is 20.5 Å². The maximum atomic E-state index is 5.83. The Hall–Kier alpha value is -2.34. The van der Waals surface area contributed by atoms with E-state index in [0.29, 0.717) is 18.5 Å². The van der Waals surface area contributed by atoms with Crippen molar-refractivity contribution in [3.05, 3.63) is 53.7 Å². The van der Waals surface area contributed by atoms with Crippen LogP contribution < -0.4 is 10.6 Å². The maximum absolute atomic E-state index is 5.83. The molecule has 2 aromatic rings. The predicted molar refractivity (Wildman–Crippen MR) is 120 cm³/mol. The van der Waals surface area contributed by atoms with E-state index in [1.165, 1.54) is 5.56 Å². The monoisotopic (exact) mass is 399 g/mol. The van der Waals surface area contributed by atoms with Gasteiger partial charge in [0.15, 0.2) is 5.96 Å². The lowest BCUT2D eigenvalue weighted by molar-refractivity contribution is 0.238. The third-order valence-electron chi connectivity index (χ3n) is 4.89. The van der Waals surface area contributed by atoms with Gasteiger partial charge < -0.3 is 15.1 Å². The molecule has 0 bridgehead atoms. The summed E-state index contributed by atoms with van der Waals surface area (Å²) in [5.41, 5.74) is 1.30. The fourth-order valence-electron chi connectivity index (χ4n) is 2.87. The number of benzene rings is 1. The van der Waals surface area contributed by atoms with Crippen LogP contribution in [0.5, 0.6) is 0 Å². The predicted octanol–water partition coefficient (Wildman–Crippen LogP) is 3.94. The molecule has 0 fully saturated rings.